The van der Waals surface area contributed by atoms with E-state index in [2.05, 4.69) is 5.43 Å². The van der Waals surface area contributed by atoms with Crippen LogP contribution in [-0.4, -0.2) is 5.91 Å². The Labute approximate surface area is 126 Å². The Kier molecular flexibility index (Phi) is 4.89. The molecule has 104 valence electrons. The molecule has 0 spiro atoms. The molecule has 0 unspecified atom stereocenters. The van der Waals surface area contributed by atoms with Gasteiger partial charge in [-0.05, 0) is 29.8 Å². The molecule has 0 aliphatic rings. The third-order valence-corrected chi connectivity index (χ3v) is 4.35. The van der Waals surface area contributed by atoms with E-state index < -0.39 is 0 Å². The van der Waals surface area contributed by atoms with E-state index in [4.69, 9.17) is 23.2 Å². The second kappa shape index (κ2) is 6.65. The fourth-order valence-electron chi connectivity index (χ4n) is 1.72. The zero-order valence-corrected chi connectivity index (χ0v) is 12.2. The Bertz CT molecular complexity index is 613. The first kappa shape index (κ1) is 14.7. The summed E-state index contributed by atoms with van der Waals surface area (Å²) in [6.07, 6.45) is 0. The highest BCUT2D eigenvalue weighted by Crippen LogP contribution is 2.34. The normalized spacial score (nSPS) is 10.3. The van der Waals surface area contributed by atoms with Crippen molar-refractivity contribution in [2.45, 2.75) is 10.6 Å². The van der Waals surface area contributed by atoms with E-state index in [0.29, 0.717) is 22.0 Å². The van der Waals surface area contributed by atoms with Crippen LogP contribution in [0.1, 0.15) is 15.9 Å². The second-order valence-corrected chi connectivity index (χ2v) is 5.51. The van der Waals surface area contributed by atoms with Crippen molar-refractivity contribution in [3.63, 3.8) is 0 Å². The molecule has 2 aromatic rings. The van der Waals surface area contributed by atoms with Crippen LogP contribution in [0.3, 0.4) is 0 Å². The Morgan fingerprint density at radius 1 is 1.25 bits per heavy atom. The number of nitrogen functional groups attached to an aromatic ring is 2. The van der Waals surface area contributed by atoms with Gasteiger partial charge in [0.25, 0.3) is 5.91 Å². The van der Waals surface area contributed by atoms with Crippen LogP contribution in [0.15, 0.2) is 47.4 Å². The molecule has 4 nitrogen and oxygen atoms in total. The van der Waals surface area contributed by atoms with Gasteiger partial charge in [-0.15, -0.1) is 11.8 Å². The molecule has 0 aliphatic carbocycles. The second-order valence-electron chi connectivity index (χ2n) is 4.12. The molecule has 2 rings (SSSR count). The van der Waals surface area contributed by atoms with Crippen molar-refractivity contribution >= 4 is 35.0 Å². The van der Waals surface area contributed by atoms with Gasteiger partial charge in [0.2, 0.25) is 0 Å². The molecule has 0 saturated carbocycles. The summed E-state index contributed by atoms with van der Waals surface area (Å²) < 4.78 is 0. The number of carbonyl (C=O) groups is 1. The number of carbonyl (C=O) groups excluding carboxylic acids is 1. The lowest BCUT2D eigenvalue weighted by molar-refractivity contribution is 0.0953. The number of hydrogen-bond donors (Lipinski definition) is 3. The van der Waals surface area contributed by atoms with Gasteiger partial charge in [-0.25, -0.2) is 5.84 Å². The van der Waals surface area contributed by atoms with Gasteiger partial charge < -0.3 is 5.73 Å². The first-order valence-corrected chi connectivity index (χ1v) is 7.25. The fourth-order valence-corrected chi connectivity index (χ4v) is 3.00. The minimum atomic E-state index is -0.311. The number of amides is 1. The van der Waals surface area contributed by atoms with E-state index in [1.54, 1.807) is 18.2 Å². The van der Waals surface area contributed by atoms with Crippen molar-refractivity contribution in [2.75, 3.05) is 5.73 Å². The van der Waals surface area contributed by atoms with Crippen LogP contribution < -0.4 is 17.0 Å². The Morgan fingerprint density at radius 3 is 2.70 bits per heavy atom. The minimum absolute atomic E-state index is 0.311. The highest BCUT2D eigenvalue weighted by Gasteiger charge is 2.07. The van der Waals surface area contributed by atoms with Gasteiger partial charge in [0.1, 0.15) is 0 Å². The summed E-state index contributed by atoms with van der Waals surface area (Å²) in [6, 6.07) is 12.7. The topological polar surface area (TPSA) is 81.1 Å². The third-order valence-electron chi connectivity index (χ3n) is 2.70. The van der Waals surface area contributed by atoms with Crippen molar-refractivity contribution in [2.24, 2.45) is 5.84 Å². The highest BCUT2D eigenvalue weighted by molar-refractivity contribution is 7.98. The van der Waals surface area contributed by atoms with Crippen molar-refractivity contribution in [1.29, 1.82) is 0 Å². The molecule has 0 aromatic heterocycles. The third kappa shape index (κ3) is 3.45. The summed E-state index contributed by atoms with van der Waals surface area (Å²) in [4.78, 5) is 12.3. The van der Waals surface area contributed by atoms with Crippen molar-refractivity contribution in [3.8, 4) is 0 Å². The number of thioether (sulfide) groups is 1. The van der Waals surface area contributed by atoms with Crippen LogP contribution in [0.5, 0.6) is 0 Å². The zero-order chi connectivity index (χ0) is 14.5. The number of nitrogens with two attached hydrogens (primary N) is 2. The molecule has 1 amide bonds. The predicted octanol–water partition coefficient (Wildman–Crippen LogP) is 2.82. The maximum atomic E-state index is 11.5. The Hall–Kier alpha value is -1.69. The fraction of sp³-hybridized carbons (Fsp3) is 0.0714. The summed E-state index contributed by atoms with van der Waals surface area (Å²) in [5.74, 6) is 5.48. The SMILES string of the molecule is NNC(=O)c1cccc(CSc2c(N)cccc2Cl)c1. The van der Waals surface area contributed by atoms with Crippen LogP contribution in [0, 0.1) is 0 Å². The summed E-state index contributed by atoms with van der Waals surface area (Å²) in [7, 11) is 0. The summed E-state index contributed by atoms with van der Waals surface area (Å²) >= 11 is 7.65. The average molecular weight is 308 g/mol. The lowest BCUT2D eigenvalue weighted by Gasteiger charge is -2.08. The van der Waals surface area contributed by atoms with Crippen molar-refractivity contribution < 1.29 is 4.79 Å². The lowest BCUT2D eigenvalue weighted by Crippen LogP contribution is -2.29. The van der Waals surface area contributed by atoms with Crippen molar-refractivity contribution in [1.82, 2.24) is 5.43 Å². The molecule has 0 saturated heterocycles. The summed E-state index contributed by atoms with van der Waals surface area (Å²) in [5.41, 5.74) is 10.2. The standard InChI is InChI=1S/C14H14ClN3OS/c15-11-5-2-6-12(16)13(11)20-8-9-3-1-4-10(7-9)14(19)18-17/h1-7H,8,16-17H2,(H,18,19). The molecule has 0 bridgehead atoms. The molecule has 5 N–H and O–H groups in total. The first-order valence-electron chi connectivity index (χ1n) is 5.88. The average Bonchev–Trinajstić information content (AvgIpc) is 2.46. The minimum Gasteiger partial charge on any atom is -0.398 e. The van der Waals surface area contributed by atoms with E-state index in [9.17, 15) is 4.79 Å². The van der Waals surface area contributed by atoms with E-state index in [1.807, 2.05) is 24.3 Å². The molecule has 2 aromatic carbocycles. The lowest BCUT2D eigenvalue weighted by atomic mass is 10.1. The highest BCUT2D eigenvalue weighted by atomic mass is 35.5. The molecule has 0 aliphatic heterocycles. The van der Waals surface area contributed by atoms with E-state index in [-0.39, 0.29) is 5.91 Å². The maximum Gasteiger partial charge on any atom is 0.265 e. The van der Waals surface area contributed by atoms with Crippen LogP contribution >= 0.6 is 23.4 Å². The summed E-state index contributed by atoms with van der Waals surface area (Å²) in [6.45, 7) is 0. The molecule has 20 heavy (non-hydrogen) atoms. The van der Waals surface area contributed by atoms with Crippen LogP contribution in [0.2, 0.25) is 5.02 Å². The Morgan fingerprint density at radius 2 is 2.00 bits per heavy atom. The van der Waals surface area contributed by atoms with Crippen LogP contribution in [-0.2, 0) is 5.75 Å². The monoisotopic (exact) mass is 307 g/mol. The molecule has 6 heteroatoms. The van der Waals surface area contributed by atoms with Gasteiger partial charge in [-0.3, -0.25) is 10.2 Å². The molecular weight excluding hydrogens is 294 g/mol. The summed E-state index contributed by atoms with van der Waals surface area (Å²) in [5, 5.41) is 0.630. The molecular formula is C14H14ClN3OS. The van der Waals surface area contributed by atoms with Gasteiger partial charge in [0.15, 0.2) is 0 Å². The van der Waals surface area contributed by atoms with E-state index in [0.717, 1.165) is 10.5 Å². The number of nitrogens with one attached hydrogen (secondary N) is 1. The van der Waals surface area contributed by atoms with Crippen molar-refractivity contribution in [3.05, 3.63) is 58.6 Å². The first-order chi connectivity index (χ1) is 9.61. The number of halogens is 1. The molecule has 0 radical (unpaired) electrons. The number of anilines is 1. The van der Waals surface area contributed by atoms with E-state index >= 15 is 0 Å². The number of rotatable bonds is 4. The van der Waals surface area contributed by atoms with Crippen LogP contribution in [0.25, 0.3) is 0 Å². The number of hydrogen-bond acceptors (Lipinski definition) is 4. The van der Waals surface area contributed by atoms with Gasteiger partial charge in [-0.1, -0.05) is 29.8 Å². The zero-order valence-electron chi connectivity index (χ0n) is 10.6. The largest absolute Gasteiger partial charge is 0.398 e. The number of hydrazine groups is 1. The maximum absolute atomic E-state index is 11.5. The van der Waals surface area contributed by atoms with Gasteiger partial charge in [-0.2, -0.15) is 0 Å². The Balaban J connectivity index is 2.13. The van der Waals surface area contributed by atoms with Gasteiger partial charge in [0.05, 0.1) is 5.02 Å². The predicted molar refractivity (Wildman–Crippen MR) is 83.5 cm³/mol. The van der Waals surface area contributed by atoms with Crippen LogP contribution in [0.4, 0.5) is 5.69 Å². The number of benzene rings is 2. The molecule has 0 atom stereocenters. The quantitative estimate of drug-likeness (QED) is 0.267. The van der Waals surface area contributed by atoms with E-state index in [1.165, 1.54) is 11.8 Å². The molecule has 0 fully saturated rings. The van der Waals surface area contributed by atoms with Gasteiger partial charge in [0, 0.05) is 21.9 Å². The van der Waals surface area contributed by atoms with Gasteiger partial charge >= 0.3 is 0 Å². The molecule has 0 heterocycles. The smallest absolute Gasteiger partial charge is 0.265 e.